The van der Waals surface area contributed by atoms with E-state index in [1.165, 1.54) is 24.3 Å². The van der Waals surface area contributed by atoms with Gasteiger partial charge >= 0.3 is 0 Å². The predicted octanol–water partition coefficient (Wildman–Crippen LogP) is 4.46. The summed E-state index contributed by atoms with van der Waals surface area (Å²) < 4.78 is 0. The Hall–Kier alpha value is -2.66. The summed E-state index contributed by atoms with van der Waals surface area (Å²) in [6.07, 6.45) is 3.71. The minimum Gasteiger partial charge on any atom is -0.323 e. The molecule has 0 spiro atoms. The lowest BCUT2D eigenvalue weighted by molar-refractivity contribution is -0.384. The van der Waals surface area contributed by atoms with E-state index in [-0.39, 0.29) is 16.6 Å². The number of nitrogens with zero attached hydrogens (tertiary/aromatic N) is 1. The van der Waals surface area contributed by atoms with E-state index >= 15 is 0 Å². The molecule has 23 heavy (non-hydrogen) atoms. The molecule has 0 saturated heterocycles. The second kappa shape index (κ2) is 7.56. The van der Waals surface area contributed by atoms with Crippen LogP contribution in [0.5, 0.6) is 0 Å². The van der Waals surface area contributed by atoms with E-state index in [9.17, 15) is 14.9 Å². The Morgan fingerprint density at radius 3 is 2.78 bits per heavy atom. The van der Waals surface area contributed by atoms with Crippen molar-refractivity contribution in [1.29, 1.82) is 0 Å². The number of rotatable bonds is 5. The van der Waals surface area contributed by atoms with Crippen LogP contribution in [-0.4, -0.2) is 10.8 Å². The van der Waals surface area contributed by atoms with Crippen molar-refractivity contribution < 1.29 is 9.72 Å². The second-order valence-corrected chi connectivity index (χ2v) is 5.25. The first-order chi connectivity index (χ1) is 11.0. The number of aryl methyl sites for hydroxylation is 1. The highest BCUT2D eigenvalue weighted by molar-refractivity contribution is 6.32. The molecule has 0 heterocycles. The number of hydrogen-bond donors (Lipinski definition) is 1. The van der Waals surface area contributed by atoms with Crippen molar-refractivity contribution in [2.75, 3.05) is 5.32 Å². The zero-order valence-corrected chi connectivity index (χ0v) is 13.2. The van der Waals surface area contributed by atoms with E-state index in [0.29, 0.717) is 11.3 Å². The smallest absolute Gasteiger partial charge is 0.288 e. The lowest BCUT2D eigenvalue weighted by Gasteiger charge is -2.04. The summed E-state index contributed by atoms with van der Waals surface area (Å²) in [5.41, 5.74) is 2.17. The molecule has 0 saturated carbocycles. The average molecular weight is 331 g/mol. The molecule has 0 unspecified atom stereocenters. The summed E-state index contributed by atoms with van der Waals surface area (Å²) in [4.78, 5) is 22.2. The van der Waals surface area contributed by atoms with Crippen molar-refractivity contribution in [3.8, 4) is 0 Å². The van der Waals surface area contributed by atoms with Crippen molar-refractivity contribution in [2.45, 2.75) is 13.3 Å². The first-order valence-electron chi connectivity index (χ1n) is 7.01. The van der Waals surface area contributed by atoms with Crippen molar-refractivity contribution in [3.63, 3.8) is 0 Å². The van der Waals surface area contributed by atoms with Crippen LogP contribution in [0.1, 0.15) is 18.1 Å². The summed E-state index contributed by atoms with van der Waals surface area (Å²) in [5.74, 6) is -0.309. The van der Waals surface area contributed by atoms with Gasteiger partial charge in [0.25, 0.3) is 5.69 Å². The van der Waals surface area contributed by atoms with Crippen LogP contribution >= 0.6 is 11.6 Å². The quantitative estimate of drug-likeness (QED) is 0.499. The van der Waals surface area contributed by atoms with E-state index in [4.69, 9.17) is 11.6 Å². The third-order valence-electron chi connectivity index (χ3n) is 3.20. The van der Waals surface area contributed by atoms with Crippen LogP contribution in [0.3, 0.4) is 0 Å². The molecule has 2 rings (SSSR count). The molecule has 2 aromatic carbocycles. The number of hydrogen-bond acceptors (Lipinski definition) is 3. The maximum Gasteiger partial charge on any atom is 0.288 e. The minimum absolute atomic E-state index is 0.0629. The van der Waals surface area contributed by atoms with E-state index in [0.717, 1.165) is 12.0 Å². The molecule has 1 N–H and O–H groups in total. The summed E-state index contributed by atoms with van der Waals surface area (Å²) in [6, 6.07) is 11.9. The Morgan fingerprint density at radius 2 is 2.09 bits per heavy atom. The van der Waals surface area contributed by atoms with Gasteiger partial charge in [-0.05, 0) is 41.8 Å². The number of halogens is 1. The van der Waals surface area contributed by atoms with Gasteiger partial charge in [-0.25, -0.2) is 0 Å². The highest BCUT2D eigenvalue weighted by atomic mass is 35.5. The molecule has 5 nitrogen and oxygen atoms in total. The lowest BCUT2D eigenvalue weighted by Crippen LogP contribution is -2.07. The largest absolute Gasteiger partial charge is 0.323 e. The number of nitro groups is 1. The highest BCUT2D eigenvalue weighted by Gasteiger charge is 2.11. The standard InChI is InChI=1S/C17H15ClN2O3/c1-2-12-4-3-5-14(10-12)19-17(21)9-7-13-6-8-15(18)16(11-13)20(22)23/h3-11H,2H2,1H3,(H,19,21)/b9-7+. The Morgan fingerprint density at radius 1 is 1.30 bits per heavy atom. The van der Waals surface area contributed by atoms with Gasteiger partial charge in [-0.15, -0.1) is 0 Å². The van der Waals surface area contributed by atoms with Gasteiger partial charge in [0, 0.05) is 17.8 Å². The Bertz CT molecular complexity index is 772. The fraction of sp³-hybridized carbons (Fsp3) is 0.118. The summed E-state index contributed by atoms with van der Waals surface area (Å²) in [5, 5.41) is 13.6. The van der Waals surface area contributed by atoms with Gasteiger partial charge in [-0.3, -0.25) is 14.9 Å². The van der Waals surface area contributed by atoms with Crippen molar-refractivity contribution in [3.05, 3.63) is 74.8 Å². The lowest BCUT2D eigenvalue weighted by atomic mass is 10.1. The number of benzene rings is 2. The normalized spacial score (nSPS) is 10.7. The van der Waals surface area contributed by atoms with Crippen LogP contribution in [0, 0.1) is 10.1 Å². The molecule has 0 aliphatic rings. The van der Waals surface area contributed by atoms with Crippen LogP contribution in [0.4, 0.5) is 11.4 Å². The van der Waals surface area contributed by atoms with Gasteiger partial charge < -0.3 is 5.32 Å². The zero-order valence-electron chi connectivity index (χ0n) is 12.5. The molecule has 0 aromatic heterocycles. The molecule has 1 amide bonds. The van der Waals surface area contributed by atoms with Crippen LogP contribution in [0.2, 0.25) is 5.02 Å². The molecule has 118 valence electrons. The molecule has 2 aromatic rings. The average Bonchev–Trinajstić information content (AvgIpc) is 2.54. The molecular formula is C17H15ClN2O3. The Labute approximate surface area is 138 Å². The number of carbonyl (C=O) groups is 1. The van der Waals surface area contributed by atoms with Crippen LogP contribution in [0.15, 0.2) is 48.5 Å². The molecule has 0 fully saturated rings. The number of nitro benzene ring substituents is 1. The Balaban J connectivity index is 2.09. The maximum absolute atomic E-state index is 11.9. The molecule has 6 heteroatoms. The molecule has 0 bridgehead atoms. The van der Waals surface area contributed by atoms with E-state index in [1.807, 2.05) is 25.1 Å². The summed E-state index contributed by atoms with van der Waals surface area (Å²) in [6.45, 7) is 2.04. The second-order valence-electron chi connectivity index (χ2n) is 4.84. The van der Waals surface area contributed by atoms with E-state index in [1.54, 1.807) is 12.1 Å². The number of carbonyl (C=O) groups excluding carboxylic acids is 1. The minimum atomic E-state index is -0.560. The molecule has 0 aliphatic heterocycles. The first-order valence-corrected chi connectivity index (χ1v) is 7.39. The molecule has 0 radical (unpaired) electrons. The maximum atomic E-state index is 11.9. The fourth-order valence-electron chi connectivity index (χ4n) is 2.00. The van der Waals surface area contributed by atoms with Crippen LogP contribution in [-0.2, 0) is 11.2 Å². The SMILES string of the molecule is CCc1cccc(NC(=O)/C=C/c2ccc(Cl)c([N+](=O)[O-])c2)c1. The first kappa shape index (κ1) is 16.7. The Kier molecular flexibility index (Phi) is 5.49. The predicted molar refractivity (Wildman–Crippen MR) is 91.6 cm³/mol. The van der Waals surface area contributed by atoms with Gasteiger partial charge in [-0.2, -0.15) is 0 Å². The molecule has 0 atom stereocenters. The van der Waals surface area contributed by atoms with Gasteiger partial charge in [0.15, 0.2) is 0 Å². The zero-order chi connectivity index (χ0) is 16.8. The van der Waals surface area contributed by atoms with Crippen molar-refractivity contribution >= 4 is 35.0 Å². The van der Waals surface area contributed by atoms with E-state index in [2.05, 4.69) is 5.32 Å². The van der Waals surface area contributed by atoms with Gasteiger partial charge in [0.05, 0.1) is 4.92 Å². The van der Waals surface area contributed by atoms with Crippen LogP contribution in [0.25, 0.3) is 6.08 Å². The number of nitrogens with one attached hydrogen (secondary N) is 1. The van der Waals surface area contributed by atoms with Gasteiger partial charge in [0.1, 0.15) is 5.02 Å². The van der Waals surface area contributed by atoms with E-state index < -0.39 is 4.92 Å². The van der Waals surface area contributed by atoms with Crippen molar-refractivity contribution in [2.24, 2.45) is 0 Å². The monoisotopic (exact) mass is 330 g/mol. The topological polar surface area (TPSA) is 72.2 Å². The molecule has 0 aliphatic carbocycles. The highest BCUT2D eigenvalue weighted by Crippen LogP contribution is 2.25. The summed E-state index contributed by atoms with van der Waals surface area (Å²) >= 11 is 5.74. The van der Waals surface area contributed by atoms with Gasteiger partial charge in [-0.1, -0.05) is 36.7 Å². The number of anilines is 1. The van der Waals surface area contributed by atoms with Crippen molar-refractivity contribution in [1.82, 2.24) is 0 Å². The fourth-order valence-corrected chi connectivity index (χ4v) is 2.18. The van der Waals surface area contributed by atoms with Gasteiger partial charge in [0.2, 0.25) is 5.91 Å². The molecular weight excluding hydrogens is 316 g/mol. The third-order valence-corrected chi connectivity index (χ3v) is 3.52. The number of amides is 1. The summed E-state index contributed by atoms with van der Waals surface area (Å²) in [7, 11) is 0. The van der Waals surface area contributed by atoms with Crippen LogP contribution < -0.4 is 5.32 Å². The third kappa shape index (κ3) is 4.66.